The van der Waals surface area contributed by atoms with E-state index < -0.39 is 17.6 Å². The largest absolute Gasteiger partial charge is 0.490 e. The Balaban J connectivity index is 2.01. The summed E-state index contributed by atoms with van der Waals surface area (Å²) in [5.41, 5.74) is 1.69. The molecule has 2 aromatic carbocycles. The molecule has 0 radical (unpaired) electrons. The van der Waals surface area contributed by atoms with Crippen LogP contribution in [0.1, 0.15) is 18.5 Å². The molecular formula is C23H23F2N3O4S. The van der Waals surface area contributed by atoms with Crippen molar-refractivity contribution in [2.75, 3.05) is 23.9 Å². The van der Waals surface area contributed by atoms with Crippen molar-refractivity contribution in [3.8, 4) is 22.6 Å². The maximum Gasteiger partial charge on any atom is 0.387 e. The van der Waals surface area contributed by atoms with E-state index >= 15 is 0 Å². The highest BCUT2D eigenvalue weighted by atomic mass is 32.2. The lowest BCUT2D eigenvalue weighted by atomic mass is 10.0. The Bertz CT molecular complexity index is 1090. The molecule has 0 aliphatic heterocycles. The zero-order valence-electron chi connectivity index (χ0n) is 18.0. The van der Waals surface area contributed by atoms with Gasteiger partial charge in [0.25, 0.3) is 0 Å². The molecule has 1 aromatic heterocycles. The first-order valence-corrected chi connectivity index (χ1v) is 11.5. The van der Waals surface area contributed by atoms with E-state index in [1.807, 2.05) is 12.3 Å². The van der Waals surface area contributed by atoms with Crippen molar-refractivity contribution >= 4 is 23.3 Å². The van der Waals surface area contributed by atoms with E-state index in [0.717, 1.165) is 0 Å². The van der Waals surface area contributed by atoms with E-state index in [2.05, 4.69) is 15.0 Å². The van der Waals surface area contributed by atoms with Gasteiger partial charge in [-0.2, -0.15) is 20.5 Å². The third-order valence-corrected chi connectivity index (χ3v) is 5.39. The topological polar surface area (TPSA) is 86.5 Å². The van der Waals surface area contributed by atoms with E-state index in [0.29, 0.717) is 22.4 Å². The zero-order chi connectivity index (χ0) is 23.8. The van der Waals surface area contributed by atoms with Gasteiger partial charge in [0.2, 0.25) is 5.82 Å². The lowest BCUT2D eigenvalue weighted by Gasteiger charge is -2.21. The number of aromatic nitrogens is 1. The number of nitrogens with zero attached hydrogens (tertiary/aromatic N) is 2. The number of thioether (sulfide) groups is 1. The first-order valence-electron chi connectivity index (χ1n) is 10.1. The third kappa shape index (κ3) is 6.10. The standard InChI is InChI=1S/C23H23F2N3O4S/c1-3-31-20-13-16(9-10-19(20)32-23(24)25)18(14-33-2)27-22-21(28(29)30)17(11-12-26-22)15-7-5-4-6-8-15/h4-13,18,23H,3,14H2,1-2H3,(H,26,27). The first-order chi connectivity index (χ1) is 15.9. The number of hydrogen-bond donors (Lipinski definition) is 1. The molecule has 0 aliphatic rings. The van der Waals surface area contributed by atoms with Crippen LogP contribution >= 0.6 is 11.8 Å². The lowest BCUT2D eigenvalue weighted by molar-refractivity contribution is -0.383. The third-order valence-electron chi connectivity index (χ3n) is 4.72. The van der Waals surface area contributed by atoms with Gasteiger partial charge in [-0.15, -0.1) is 0 Å². The molecule has 174 valence electrons. The van der Waals surface area contributed by atoms with Crippen molar-refractivity contribution in [3.63, 3.8) is 0 Å². The fourth-order valence-electron chi connectivity index (χ4n) is 3.35. The number of hydrogen-bond acceptors (Lipinski definition) is 7. The van der Waals surface area contributed by atoms with E-state index in [1.165, 1.54) is 24.0 Å². The maximum atomic E-state index is 12.7. The summed E-state index contributed by atoms with van der Waals surface area (Å²) in [4.78, 5) is 15.8. The van der Waals surface area contributed by atoms with Gasteiger partial charge in [0.05, 0.1) is 23.1 Å². The Morgan fingerprint density at radius 3 is 2.55 bits per heavy atom. The van der Waals surface area contributed by atoms with Crippen LogP contribution in [-0.2, 0) is 0 Å². The van der Waals surface area contributed by atoms with E-state index in [4.69, 9.17) is 4.74 Å². The highest BCUT2D eigenvalue weighted by molar-refractivity contribution is 7.98. The average Bonchev–Trinajstić information content (AvgIpc) is 2.80. The molecule has 0 spiro atoms. The number of alkyl halides is 2. The van der Waals surface area contributed by atoms with Crippen LogP contribution in [0.2, 0.25) is 0 Å². The Morgan fingerprint density at radius 2 is 1.91 bits per heavy atom. The van der Waals surface area contributed by atoms with Crippen LogP contribution in [0.4, 0.5) is 20.3 Å². The molecule has 1 N–H and O–H groups in total. The zero-order valence-corrected chi connectivity index (χ0v) is 18.9. The second-order valence-corrected chi connectivity index (χ2v) is 7.76. The minimum absolute atomic E-state index is 0.0753. The number of anilines is 1. The Kier molecular flexibility index (Phi) is 8.42. The highest BCUT2D eigenvalue weighted by Gasteiger charge is 2.25. The van der Waals surface area contributed by atoms with Gasteiger partial charge in [-0.3, -0.25) is 10.1 Å². The highest BCUT2D eigenvalue weighted by Crippen LogP contribution is 2.38. The molecule has 3 aromatic rings. The summed E-state index contributed by atoms with van der Waals surface area (Å²) in [6.45, 7) is -0.989. The van der Waals surface area contributed by atoms with Crippen LogP contribution in [0, 0.1) is 10.1 Å². The molecule has 1 atom stereocenters. The molecule has 0 saturated carbocycles. The molecule has 3 rings (SSSR count). The molecule has 7 nitrogen and oxygen atoms in total. The Morgan fingerprint density at radius 1 is 1.15 bits per heavy atom. The average molecular weight is 476 g/mol. The smallest absolute Gasteiger partial charge is 0.387 e. The number of benzene rings is 2. The summed E-state index contributed by atoms with van der Waals surface area (Å²) in [5.74, 6) is 0.748. The quantitative estimate of drug-likeness (QED) is 0.262. The second-order valence-electron chi connectivity index (χ2n) is 6.85. The molecular weight excluding hydrogens is 452 g/mol. The predicted molar refractivity (Wildman–Crippen MR) is 125 cm³/mol. The lowest BCUT2D eigenvalue weighted by Crippen LogP contribution is -2.16. The van der Waals surface area contributed by atoms with Gasteiger partial charge in [0.15, 0.2) is 11.5 Å². The normalized spacial score (nSPS) is 11.8. The predicted octanol–water partition coefficient (Wildman–Crippen LogP) is 6.17. The summed E-state index contributed by atoms with van der Waals surface area (Å²) >= 11 is 1.52. The van der Waals surface area contributed by atoms with Crippen molar-refractivity contribution in [1.82, 2.24) is 4.98 Å². The fourth-order valence-corrected chi connectivity index (χ4v) is 3.96. The first kappa shape index (κ1) is 24.2. The second kappa shape index (κ2) is 11.5. The Labute approximate surface area is 194 Å². The number of pyridine rings is 1. The van der Waals surface area contributed by atoms with Crippen molar-refractivity contribution in [2.24, 2.45) is 0 Å². The monoisotopic (exact) mass is 475 g/mol. The summed E-state index contributed by atoms with van der Waals surface area (Å²) in [7, 11) is 0. The van der Waals surface area contributed by atoms with E-state index in [-0.39, 0.29) is 29.6 Å². The molecule has 1 unspecified atom stereocenters. The van der Waals surface area contributed by atoms with Gasteiger partial charge >= 0.3 is 12.3 Å². The van der Waals surface area contributed by atoms with Crippen LogP contribution in [0.5, 0.6) is 11.5 Å². The maximum absolute atomic E-state index is 12.7. The summed E-state index contributed by atoms with van der Waals surface area (Å²) < 4.78 is 35.5. The van der Waals surface area contributed by atoms with Gasteiger partial charge in [0.1, 0.15) is 0 Å². The van der Waals surface area contributed by atoms with Crippen LogP contribution in [0.15, 0.2) is 60.8 Å². The van der Waals surface area contributed by atoms with E-state index in [9.17, 15) is 18.9 Å². The Hall–Kier alpha value is -3.40. The molecule has 1 heterocycles. The summed E-state index contributed by atoms with van der Waals surface area (Å²) in [5, 5.41) is 15.2. The minimum Gasteiger partial charge on any atom is -0.490 e. The van der Waals surface area contributed by atoms with Crippen LogP contribution in [-0.4, -0.2) is 35.1 Å². The number of ether oxygens (including phenoxy) is 2. The molecule has 0 amide bonds. The van der Waals surface area contributed by atoms with Gasteiger partial charge in [-0.25, -0.2) is 4.98 Å². The van der Waals surface area contributed by atoms with Crippen LogP contribution < -0.4 is 14.8 Å². The minimum atomic E-state index is -2.98. The van der Waals surface area contributed by atoms with Crippen LogP contribution in [0.3, 0.4) is 0 Å². The van der Waals surface area contributed by atoms with Crippen molar-refractivity contribution in [3.05, 3.63) is 76.5 Å². The number of halogens is 2. The van der Waals surface area contributed by atoms with Crippen molar-refractivity contribution < 1.29 is 23.2 Å². The number of rotatable bonds is 11. The van der Waals surface area contributed by atoms with Gasteiger partial charge in [0, 0.05) is 11.9 Å². The van der Waals surface area contributed by atoms with E-state index in [1.54, 1.807) is 49.4 Å². The van der Waals surface area contributed by atoms with Gasteiger partial charge < -0.3 is 14.8 Å². The number of nitrogens with one attached hydrogen (secondary N) is 1. The number of nitro groups is 1. The summed E-state index contributed by atoms with van der Waals surface area (Å²) in [6, 6.07) is 14.9. The molecule has 0 saturated heterocycles. The molecule has 0 bridgehead atoms. The molecule has 10 heteroatoms. The van der Waals surface area contributed by atoms with Crippen molar-refractivity contribution in [1.29, 1.82) is 0 Å². The molecule has 33 heavy (non-hydrogen) atoms. The van der Waals surface area contributed by atoms with Crippen LogP contribution in [0.25, 0.3) is 11.1 Å². The summed E-state index contributed by atoms with van der Waals surface area (Å²) in [6.07, 6.45) is 3.41. The fraction of sp³-hybridized carbons (Fsp3) is 0.261. The molecule has 0 fully saturated rings. The molecule has 0 aliphatic carbocycles. The van der Waals surface area contributed by atoms with Gasteiger partial charge in [-0.05, 0) is 42.5 Å². The van der Waals surface area contributed by atoms with Crippen molar-refractivity contribution in [2.45, 2.75) is 19.6 Å². The van der Waals surface area contributed by atoms with Gasteiger partial charge in [-0.1, -0.05) is 36.4 Å². The SMILES string of the molecule is CCOc1cc(C(CSC)Nc2nccc(-c3ccccc3)c2[N+](=O)[O-])ccc1OC(F)F.